The van der Waals surface area contributed by atoms with Gasteiger partial charge in [0.2, 0.25) is 0 Å². The van der Waals surface area contributed by atoms with E-state index in [-0.39, 0.29) is 0 Å². The first-order valence-corrected chi connectivity index (χ1v) is 11.4. The average Bonchev–Trinajstić information content (AvgIpc) is 2.47. The van der Waals surface area contributed by atoms with Crippen LogP contribution in [0.3, 0.4) is 0 Å². The predicted molar refractivity (Wildman–Crippen MR) is 99.5 cm³/mol. The topological polar surface area (TPSA) is 57.6 Å². The molecule has 0 saturated carbocycles. The Labute approximate surface area is 144 Å². The fraction of sp³-hybridized carbons (Fsp3) is 1.00. The average molecular weight is 350 g/mol. The van der Waals surface area contributed by atoms with E-state index in [4.69, 9.17) is 4.55 Å². The second kappa shape index (κ2) is 14.2. The first-order valence-electron chi connectivity index (χ1n) is 9.51. The van der Waals surface area contributed by atoms with Crippen molar-refractivity contribution in [3.63, 3.8) is 0 Å². The molecule has 0 spiro atoms. The van der Waals surface area contributed by atoms with Gasteiger partial charge in [-0.1, -0.05) is 58.8 Å². The highest BCUT2D eigenvalue weighted by Crippen LogP contribution is 2.22. The molecule has 1 fully saturated rings. The molecular formula is C18H39NO3S. The summed E-state index contributed by atoms with van der Waals surface area (Å²) in [4.78, 5) is 2.74. The van der Waals surface area contributed by atoms with Crippen molar-refractivity contribution in [1.82, 2.24) is 4.90 Å². The molecule has 1 heterocycles. The highest BCUT2D eigenvalue weighted by molar-refractivity contribution is 7.85. The van der Waals surface area contributed by atoms with Crippen LogP contribution >= 0.6 is 0 Å². The Bertz CT molecular complexity index is 349. The van der Waals surface area contributed by atoms with Crippen LogP contribution in [-0.2, 0) is 10.1 Å². The Morgan fingerprint density at radius 1 is 1.00 bits per heavy atom. The van der Waals surface area contributed by atoms with Crippen molar-refractivity contribution in [2.75, 3.05) is 25.9 Å². The van der Waals surface area contributed by atoms with E-state index >= 15 is 0 Å². The molecule has 4 nitrogen and oxygen atoms in total. The van der Waals surface area contributed by atoms with Crippen molar-refractivity contribution in [2.24, 2.45) is 5.92 Å². The number of nitrogens with zero attached hydrogens (tertiary/aromatic N) is 1. The molecule has 23 heavy (non-hydrogen) atoms. The SMILES string of the molecule is CCCCCCCCN1CCCC(CCCC)C1.CS(=O)(=O)O. The quantitative estimate of drug-likeness (QED) is 0.456. The van der Waals surface area contributed by atoms with Gasteiger partial charge in [-0.2, -0.15) is 8.42 Å². The third-order valence-corrected chi connectivity index (χ3v) is 4.40. The molecule has 0 amide bonds. The minimum atomic E-state index is -3.67. The van der Waals surface area contributed by atoms with Gasteiger partial charge in [0.15, 0.2) is 0 Å². The van der Waals surface area contributed by atoms with Gasteiger partial charge in [0, 0.05) is 6.54 Å². The summed E-state index contributed by atoms with van der Waals surface area (Å²) >= 11 is 0. The van der Waals surface area contributed by atoms with Gasteiger partial charge < -0.3 is 4.90 Å². The van der Waals surface area contributed by atoms with Crippen LogP contribution in [0.4, 0.5) is 0 Å². The lowest BCUT2D eigenvalue weighted by atomic mass is 9.93. The lowest BCUT2D eigenvalue weighted by Crippen LogP contribution is -2.36. The second-order valence-electron chi connectivity index (χ2n) is 6.95. The van der Waals surface area contributed by atoms with E-state index < -0.39 is 10.1 Å². The normalized spacial score (nSPS) is 19.2. The van der Waals surface area contributed by atoms with E-state index in [0.717, 1.165) is 5.92 Å². The molecule has 1 unspecified atom stereocenters. The van der Waals surface area contributed by atoms with Crippen molar-refractivity contribution >= 4 is 10.1 Å². The number of hydrogen-bond donors (Lipinski definition) is 1. The second-order valence-corrected chi connectivity index (χ2v) is 8.42. The lowest BCUT2D eigenvalue weighted by molar-refractivity contribution is 0.164. The molecule has 0 aromatic carbocycles. The van der Waals surface area contributed by atoms with E-state index in [1.165, 1.54) is 90.3 Å². The van der Waals surface area contributed by atoms with Crippen LogP contribution in [0.25, 0.3) is 0 Å². The molecule has 0 aromatic rings. The molecule has 1 rings (SSSR count). The van der Waals surface area contributed by atoms with Gasteiger partial charge in [-0.3, -0.25) is 4.55 Å². The zero-order chi connectivity index (χ0) is 17.6. The first kappa shape index (κ1) is 22.9. The molecule has 140 valence electrons. The fourth-order valence-corrected chi connectivity index (χ4v) is 3.20. The zero-order valence-electron chi connectivity index (χ0n) is 15.6. The Balaban J connectivity index is 0.000000841. The number of piperidine rings is 1. The summed E-state index contributed by atoms with van der Waals surface area (Å²) < 4.78 is 25.9. The molecule has 1 saturated heterocycles. The van der Waals surface area contributed by atoms with Gasteiger partial charge in [0.05, 0.1) is 6.26 Å². The summed E-state index contributed by atoms with van der Waals surface area (Å²) in [7, 11) is -3.67. The molecule has 0 bridgehead atoms. The van der Waals surface area contributed by atoms with Gasteiger partial charge in [0.1, 0.15) is 0 Å². The molecule has 0 aliphatic carbocycles. The van der Waals surface area contributed by atoms with Gasteiger partial charge in [-0.25, -0.2) is 0 Å². The van der Waals surface area contributed by atoms with E-state index in [1.54, 1.807) is 0 Å². The lowest BCUT2D eigenvalue weighted by Gasteiger charge is -2.32. The van der Waals surface area contributed by atoms with Crippen LogP contribution in [0.5, 0.6) is 0 Å². The van der Waals surface area contributed by atoms with Crippen molar-refractivity contribution in [3.05, 3.63) is 0 Å². The molecule has 1 N–H and O–H groups in total. The zero-order valence-corrected chi connectivity index (χ0v) is 16.4. The maximum atomic E-state index is 9.19. The smallest absolute Gasteiger partial charge is 0.261 e. The molecule has 1 aliphatic heterocycles. The van der Waals surface area contributed by atoms with Crippen molar-refractivity contribution in [2.45, 2.75) is 84.5 Å². The number of unbranched alkanes of at least 4 members (excludes halogenated alkanes) is 6. The number of rotatable bonds is 10. The summed E-state index contributed by atoms with van der Waals surface area (Å²) in [6.45, 7) is 8.75. The van der Waals surface area contributed by atoms with Gasteiger partial charge in [-0.05, 0) is 44.7 Å². The summed E-state index contributed by atoms with van der Waals surface area (Å²) in [5, 5.41) is 0. The monoisotopic (exact) mass is 349 g/mol. The van der Waals surface area contributed by atoms with Crippen LogP contribution in [-0.4, -0.2) is 43.8 Å². The maximum Gasteiger partial charge on any atom is 0.261 e. The van der Waals surface area contributed by atoms with Crippen LogP contribution in [0, 0.1) is 5.92 Å². The van der Waals surface area contributed by atoms with Crippen LogP contribution in [0.15, 0.2) is 0 Å². The van der Waals surface area contributed by atoms with Crippen molar-refractivity contribution in [1.29, 1.82) is 0 Å². The van der Waals surface area contributed by atoms with Gasteiger partial charge in [0.25, 0.3) is 10.1 Å². The number of hydrogen-bond acceptors (Lipinski definition) is 3. The Morgan fingerprint density at radius 2 is 1.57 bits per heavy atom. The summed E-state index contributed by atoms with van der Waals surface area (Å²) in [5.41, 5.74) is 0. The summed E-state index contributed by atoms with van der Waals surface area (Å²) in [6, 6.07) is 0. The van der Waals surface area contributed by atoms with Gasteiger partial charge in [-0.15, -0.1) is 0 Å². The maximum absolute atomic E-state index is 9.19. The minimum Gasteiger partial charge on any atom is -0.303 e. The Morgan fingerprint density at radius 3 is 2.17 bits per heavy atom. The largest absolute Gasteiger partial charge is 0.303 e. The summed E-state index contributed by atoms with van der Waals surface area (Å²) in [6.07, 6.45) is 16.5. The highest BCUT2D eigenvalue weighted by Gasteiger charge is 2.18. The van der Waals surface area contributed by atoms with Crippen molar-refractivity contribution in [3.8, 4) is 0 Å². The predicted octanol–water partition coefficient (Wildman–Crippen LogP) is 4.75. The Hall–Kier alpha value is -0.130. The van der Waals surface area contributed by atoms with Crippen LogP contribution in [0.2, 0.25) is 0 Å². The molecule has 0 aromatic heterocycles. The third kappa shape index (κ3) is 18.1. The van der Waals surface area contributed by atoms with E-state index in [9.17, 15) is 8.42 Å². The highest BCUT2D eigenvalue weighted by atomic mass is 32.2. The standard InChI is InChI=1S/C17H35N.CH4O3S/c1-3-5-7-8-9-10-14-18-15-11-13-17(16-18)12-6-4-2;1-5(2,3)4/h17H,3-16H2,1-2H3;1H3,(H,2,3,4). The first-order chi connectivity index (χ1) is 10.9. The van der Waals surface area contributed by atoms with Crippen LogP contribution < -0.4 is 0 Å². The third-order valence-electron chi connectivity index (χ3n) is 4.40. The molecule has 1 aliphatic rings. The molecule has 0 radical (unpaired) electrons. The van der Waals surface area contributed by atoms with Crippen LogP contribution in [0.1, 0.15) is 84.5 Å². The summed E-state index contributed by atoms with van der Waals surface area (Å²) in [5.74, 6) is 1.01. The minimum absolute atomic E-state index is 0.715. The van der Waals surface area contributed by atoms with E-state index in [2.05, 4.69) is 18.7 Å². The molecular weight excluding hydrogens is 310 g/mol. The Kier molecular flexibility index (Phi) is 14.2. The fourth-order valence-electron chi connectivity index (χ4n) is 3.20. The number of likely N-dealkylation sites (tertiary alicyclic amines) is 1. The molecule has 1 atom stereocenters. The van der Waals surface area contributed by atoms with Crippen molar-refractivity contribution < 1.29 is 13.0 Å². The van der Waals surface area contributed by atoms with Gasteiger partial charge >= 0.3 is 0 Å². The van der Waals surface area contributed by atoms with E-state index in [1.807, 2.05) is 0 Å². The van der Waals surface area contributed by atoms with E-state index in [0.29, 0.717) is 6.26 Å². The molecule has 5 heteroatoms.